The number of nitrogens with zero attached hydrogens (tertiary/aromatic N) is 2. The van der Waals surface area contributed by atoms with Crippen LogP contribution in [0.4, 0.5) is 17.6 Å². The van der Waals surface area contributed by atoms with Crippen molar-refractivity contribution in [2.45, 2.75) is 39.0 Å². The van der Waals surface area contributed by atoms with Gasteiger partial charge in [0, 0.05) is 37.0 Å². The Labute approximate surface area is 185 Å². The fraction of sp³-hybridized carbons (Fsp3) is 0.571. The third-order valence-electron chi connectivity index (χ3n) is 6.14. The lowest BCUT2D eigenvalue weighted by atomic mass is 9.61. The molecule has 2 aromatic heterocycles. The molecule has 4 rings (SSSR count). The van der Waals surface area contributed by atoms with Crippen LogP contribution in [0.1, 0.15) is 42.6 Å². The maximum Gasteiger partial charge on any atom is 0.418 e. The van der Waals surface area contributed by atoms with Crippen LogP contribution in [0.25, 0.3) is 10.2 Å². The molecule has 0 radical (unpaired) electrons. The van der Waals surface area contributed by atoms with Crippen LogP contribution in [0.2, 0.25) is 0 Å². The first-order chi connectivity index (χ1) is 14.9. The fourth-order valence-electron chi connectivity index (χ4n) is 4.36. The van der Waals surface area contributed by atoms with E-state index in [1.807, 2.05) is 0 Å². The van der Waals surface area contributed by atoms with E-state index < -0.39 is 29.7 Å². The molecule has 1 aliphatic heterocycles. The molecule has 2 fully saturated rings. The Balaban J connectivity index is 1.48. The Kier molecular flexibility index (Phi) is 5.38. The molecule has 1 N–H and O–H groups in total. The molecule has 11 heteroatoms. The summed E-state index contributed by atoms with van der Waals surface area (Å²) < 4.78 is 59.5. The molecule has 1 spiro atoms. The van der Waals surface area contributed by atoms with Crippen LogP contribution in [0.15, 0.2) is 11.4 Å². The molecule has 0 bridgehead atoms. The summed E-state index contributed by atoms with van der Waals surface area (Å²) in [4.78, 5) is 30.2. The van der Waals surface area contributed by atoms with Crippen molar-refractivity contribution in [1.29, 1.82) is 0 Å². The SMILES string of the molecule is CNC(=O)c1csc2c(C(F)(F)F)cc(OC3CC4(C3)CN(C(=O)C(C)(C)CF)C4)nc12. The maximum atomic E-state index is 13.6. The second-order valence-corrected chi connectivity index (χ2v) is 10.1. The zero-order valence-corrected chi connectivity index (χ0v) is 18.6. The van der Waals surface area contributed by atoms with E-state index in [0.29, 0.717) is 25.9 Å². The molecule has 174 valence electrons. The standard InChI is InChI=1S/C21H23F4N3O3S/c1-19(2,8-22)18(30)28-9-20(10-28)5-11(6-20)31-14-4-13(21(23,24)25)16-15(27-14)12(7-32-16)17(29)26-3/h4,7,11H,5-6,8-10H2,1-3H3,(H,26,29). The number of fused-ring (bicyclic) bond motifs is 1. The summed E-state index contributed by atoms with van der Waals surface area (Å²) >= 11 is 0.815. The highest BCUT2D eigenvalue weighted by Gasteiger charge is 2.56. The molecule has 1 saturated carbocycles. The van der Waals surface area contributed by atoms with Gasteiger partial charge in [-0.05, 0) is 26.7 Å². The van der Waals surface area contributed by atoms with Crippen LogP contribution >= 0.6 is 11.3 Å². The number of ether oxygens (including phenoxy) is 1. The number of hydrogen-bond acceptors (Lipinski definition) is 5. The molecule has 0 unspecified atom stereocenters. The zero-order chi connectivity index (χ0) is 23.5. The average molecular weight is 473 g/mol. The van der Waals surface area contributed by atoms with Crippen molar-refractivity contribution >= 4 is 33.4 Å². The monoisotopic (exact) mass is 473 g/mol. The molecule has 2 aliphatic rings. The summed E-state index contributed by atoms with van der Waals surface area (Å²) in [6, 6.07) is 0.873. The van der Waals surface area contributed by atoms with Gasteiger partial charge in [0.15, 0.2) is 0 Å². The largest absolute Gasteiger partial charge is 0.474 e. The number of aromatic nitrogens is 1. The summed E-state index contributed by atoms with van der Waals surface area (Å²) in [6.07, 6.45) is -3.82. The lowest BCUT2D eigenvalue weighted by Gasteiger charge is -2.59. The summed E-state index contributed by atoms with van der Waals surface area (Å²) in [5.74, 6) is -0.942. The van der Waals surface area contributed by atoms with Crippen LogP contribution in [0, 0.1) is 10.8 Å². The third kappa shape index (κ3) is 3.80. The van der Waals surface area contributed by atoms with Crippen LogP contribution in [-0.2, 0) is 11.0 Å². The van der Waals surface area contributed by atoms with Crippen molar-refractivity contribution in [1.82, 2.24) is 15.2 Å². The first kappa shape index (κ1) is 22.8. The minimum atomic E-state index is -4.62. The molecular formula is C21H23F4N3O3S. The number of halogens is 4. The third-order valence-corrected chi connectivity index (χ3v) is 7.14. The number of hydrogen-bond donors (Lipinski definition) is 1. The van der Waals surface area contributed by atoms with Gasteiger partial charge < -0.3 is 15.0 Å². The van der Waals surface area contributed by atoms with Crippen molar-refractivity contribution in [2.75, 3.05) is 26.8 Å². The lowest BCUT2D eigenvalue weighted by molar-refractivity contribution is -0.169. The Morgan fingerprint density at radius 1 is 1.31 bits per heavy atom. The minimum Gasteiger partial charge on any atom is -0.474 e. The number of thiophene rings is 1. The summed E-state index contributed by atoms with van der Waals surface area (Å²) in [5.41, 5.74) is -2.06. The quantitative estimate of drug-likeness (QED) is 0.666. The van der Waals surface area contributed by atoms with Crippen LogP contribution in [0.5, 0.6) is 5.88 Å². The smallest absolute Gasteiger partial charge is 0.418 e. The van der Waals surface area contributed by atoms with Crippen LogP contribution < -0.4 is 10.1 Å². The Hall–Kier alpha value is -2.43. The molecule has 1 aliphatic carbocycles. The molecule has 0 aromatic carbocycles. The highest BCUT2D eigenvalue weighted by atomic mass is 32.1. The van der Waals surface area contributed by atoms with E-state index in [1.165, 1.54) is 12.4 Å². The van der Waals surface area contributed by atoms with Crippen LogP contribution in [-0.4, -0.2) is 54.6 Å². The van der Waals surface area contributed by atoms with E-state index in [0.717, 1.165) is 17.4 Å². The molecular weight excluding hydrogens is 450 g/mol. The van der Waals surface area contributed by atoms with Gasteiger partial charge in [0.2, 0.25) is 11.8 Å². The van der Waals surface area contributed by atoms with Crippen molar-refractivity contribution in [3.8, 4) is 5.88 Å². The topological polar surface area (TPSA) is 71.5 Å². The average Bonchev–Trinajstić information content (AvgIpc) is 3.09. The van der Waals surface area contributed by atoms with Gasteiger partial charge in [-0.15, -0.1) is 11.3 Å². The minimum absolute atomic E-state index is 0.0397. The number of amides is 2. The van der Waals surface area contributed by atoms with E-state index in [4.69, 9.17) is 4.74 Å². The normalized spacial score (nSPS) is 18.4. The number of likely N-dealkylation sites (tertiary alicyclic amines) is 1. The van der Waals surface area contributed by atoms with Crippen molar-refractivity contribution in [3.63, 3.8) is 0 Å². The van der Waals surface area contributed by atoms with E-state index >= 15 is 0 Å². The maximum absolute atomic E-state index is 13.6. The van der Waals surface area contributed by atoms with E-state index in [2.05, 4.69) is 10.3 Å². The molecule has 0 atom stereocenters. The Bertz CT molecular complexity index is 1070. The summed E-state index contributed by atoms with van der Waals surface area (Å²) in [5, 5.41) is 3.76. The molecule has 3 heterocycles. The Morgan fingerprint density at radius 2 is 1.97 bits per heavy atom. The van der Waals surface area contributed by atoms with Gasteiger partial charge in [-0.3, -0.25) is 9.59 Å². The molecule has 1 saturated heterocycles. The summed E-state index contributed by atoms with van der Waals surface area (Å²) in [6.45, 7) is 3.36. The number of nitrogens with one attached hydrogen (secondary N) is 1. The second kappa shape index (κ2) is 7.57. The number of rotatable bonds is 5. The number of pyridine rings is 1. The fourth-order valence-corrected chi connectivity index (χ4v) is 5.39. The number of alkyl halides is 4. The predicted octanol–water partition coefficient (Wildman–Crippen LogP) is 4.04. The van der Waals surface area contributed by atoms with Gasteiger partial charge in [-0.2, -0.15) is 13.2 Å². The van der Waals surface area contributed by atoms with Crippen molar-refractivity contribution < 1.29 is 31.9 Å². The van der Waals surface area contributed by atoms with Gasteiger partial charge in [0.1, 0.15) is 12.8 Å². The van der Waals surface area contributed by atoms with Crippen LogP contribution in [0.3, 0.4) is 0 Å². The van der Waals surface area contributed by atoms with Crippen molar-refractivity contribution in [2.24, 2.45) is 10.8 Å². The van der Waals surface area contributed by atoms with Gasteiger partial charge in [-0.1, -0.05) is 0 Å². The molecule has 2 amide bonds. The second-order valence-electron chi connectivity index (χ2n) is 9.24. The molecule has 2 aromatic rings. The van der Waals surface area contributed by atoms with Gasteiger partial charge in [0.25, 0.3) is 5.91 Å². The Morgan fingerprint density at radius 3 is 2.53 bits per heavy atom. The van der Waals surface area contributed by atoms with E-state index in [1.54, 1.807) is 18.7 Å². The highest BCUT2D eigenvalue weighted by Crippen LogP contribution is 2.51. The number of carbonyl (C=O) groups excluding carboxylic acids is 2. The zero-order valence-electron chi connectivity index (χ0n) is 17.8. The highest BCUT2D eigenvalue weighted by molar-refractivity contribution is 7.17. The predicted molar refractivity (Wildman–Crippen MR) is 110 cm³/mol. The van der Waals surface area contributed by atoms with E-state index in [9.17, 15) is 27.2 Å². The molecule has 32 heavy (non-hydrogen) atoms. The van der Waals surface area contributed by atoms with Gasteiger partial charge >= 0.3 is 6.18 Å². The lowest BCUT2D eigenvalue weighted by Crippen LogP contribution is -2.67. The first-order valence-electron chi connectivity index (χ1n) is 10.1. The van der Waals surface area contributed by atoms with Gasteiger partial charge in [-0.25, -0.2) is 9.37 Å². The number of carbonyl (C=O) groups is 2. The van der Waals surface area contributed by atoms with E-state index in [-0.39, 0.29) is 39.1 Å². The summed E-state index contributed by atoms with van der Waals surface area (Å²) in [7, 11) is 1.39. The molecule has 6 nitrogen and oxygen atoms in total. The first-order valence-corrected chi connectivity index (χ1v) is 11.0. The van der Waals surface area contributed by atoms with Crippen molar-refractivity contribution in [3.05, 3.63) is 22.6 Å². The van der Waals surface area contributed by atoms with Gasteiger partial charge in [0.05, 0.1) is 26.8 Å².